The van der Waals surface area contributed by atoms with Crippen molar-refractivity contribution in [3.8, 4) is 6.07 Å². The summed E-state index contributed by atoms with van der Waals surface area (Å²) >= 11 is 0. The third-order valence-corrected chi connectivity index (χ3v) is 5.29. The van der Waals surface area contributed by atoms with E-state index in [1.165, 1.54) is 11.1 Å². The van der Waals surface area contributed by atoms with Gasteiger partial charge in [-0.15, -0.1) is 0 Å². The topological polar surface area (TPSA) is 96.8 Å². The molecule has 7 nitrogen and oxygen atoms in total. The first-order chi connectivity index (χ1) is 12.8. The Bertz CT molecular complexity index is 927. The van der Waals surface area contributed by atoms with Crippen molar-refractivity contribution in [1.29, 1.82) is 5.26 Å². The summed E-state index contributed by atoms with van der Waals surface area (Å²) in [5, 5.41) is 15.5. The average Bonchev–Trinajstić information content (AvgIpc) is 3.08. The van der Waals surface area contributed by atoms with Crippen molar-refractivity contribution < 1.29 is 18.0 Å². The van der Waals surface area contributed by atoms with Crippen molar-refractivity contribution in [2.45, 2.75) is 25.1 Å². The second-order valence-corrected chi connectivity index (χ2v) is 7.11. The summed E-state index contributed by atoms with van der Waals surface area (Å²) in [6.07, 6.45) is 0.531. The molecule has 3 N–H and O–H groups in total. The molecule has 1 saturated carbocycles. The molecule has 142 valence electrons. The van der Waals surface area contributed by atoms with Crippen molar-refractivity contribution in [2.24, 2.45) is 5.41 Å². The lowest BCUT2D eigenvalue weighted by molar-refractivity contribution is -0.123. The Morgan fingerprint density at radius 1 is 1.48 bits per heavy atom. The van der Waals surface area contributed by atoms with Crippen LogP contribution < -0.4 is 10.6 Å². The third kappa shape index (κ3) is 3.25. The summed E-state index contributed by atoms with van der Waals surface area (Å²) in [4.78, 5) is 20.7. The van der Waals surface area contributed by atoms with E-state index in [2.05, 4.69) is 21.4 Å². The van der Waals surface area contributed by atoms with Crippen LogP contribution in [0.2, 0.25) is 0 Å². The summed E-state index contributed by atoms with van der Waals surface area (Å²) in [5.41, 5.74) is 1.50. The Morgan fingerprint density at radius 3 is 2.93 bits per heavy atom. The monoisotopic (exact) mass is 378 g/mol. The smallest absolute Gasteiger partial charge is 0.378 e. The van der Waals surface area contributed by atoms with Gasteiger partial charge in [-0.05, 0) is 18.9 Å². The largest absolute Gasteiger partial charge is 0.405 e. The molecule has 2 aliphatic rings. The van der Waals surface area contributed by atoms with Gasteiger partial charge in [0.05, 0.1) is 17.3 Å². The molecule has 1 aliphatic carbocycles. The number of pyridine rings is 1. The van der Waals surface area contributed by atoms with E-state index in [4.69, 9.17) is 0 Å². The molecular weight excluding hydrogens is 361 g/mol. The zero-order chi connectivity index (χ0) is 19.2. The molecule has 0 bridgehead atoms. The van der Waals surface area contributed by atoms with Gasteiger partial charge in [-0.3, -0.25) is 0 Å². The van der Waals surface area contributed by atoms with Gasteiger partial charge >= 0.3 is 12.2 Å². The molecule has 27 heavy (non-hydrogen) atoms. The molecule has 3 heterocycles. The first-order valence-electron chi connectivity index (χ1n) is 8.54. The fraction of sp³-hybridized carbons (Fsp3) is 0.471. The number of likely N-dealkylation sites (tertiary alicyclic amines) is 1. The van der Waals surface area contributed by atoms with Gasteiger partial charge in [-0.25, -0.2) is 9.78 Å². The predicted molar refractivity (Wildman–Crippen MR) is 90.9 cm³/mol. The number of nitrogens with one attached hydrogen (secondary N) is 3. The lowest BCUT2D eigenvalue weighted by Gasteiger charge is -2.21. The van der Waals surface area contributed by atoms with Crippen LogP contribution >= 0.6 is 0 Å². The van der Waals surface area contributed by atoms with Crippen LogP contribution in [0.15, 0.2) is 18.5 Å². The maximum absolute atomic E-state index is 12.3. The standard InChI is InChI=1S/C17H17F3N6O/c18-17(19,20)8-24-15(27)26-7-12(16(9-26)2-3-16)25-13-10(5-21)6-23-14-11(13)1-4-22-14/h1,4,6,12H,2-3,7-9H2,(H,24,27)(H2,22,23,25). The number of aromatic amines is 1. The van der Waals surface area contributed by atoms with E-state index in [1.54, 1.807) is 6.20 Å². The Morgan fingerprint density at radius 2 is 2.26 bits per heavy atom. The number of H-pyrrole nitrogens is 1. The number of alkyl halides is 3. The summed E-state index contributed by atoms with van der Waals surface area (Å²) in [5.74, 6) is 0. The minimum absolute atomic E-state index is 0.137. The molecule has 2 fully saturated rings. The quantitative estimate of drug-likeness (QED) is 0.765. The number of aromatic nitrogens is 2. The van der Waals surface area contributed by atoms with Crippen molar-refractivity contribution >= 4 is 22.8 Å². The van der Waals surface area contributed by atoms with Crippen LogP contribution in [0, 0.1) is 16.7 Å². The molecule has 0 radical (unpaired) electrons. The van der Waals surface area contributed by atoms with Gasteiger partial charge in [0, 0.05) is 36.3 Å². The maximum atomic E-state index is 12.3. The van der Waals surface area contributed by atoms with Crippen LogP contribution in [0.5, 0.6) is 0 Å². The van der Waals surface area contributed by atoms with Crippen molar-refractivity contribution in [2.75, 3.05) is 25.0 Å². The molecular formula is C17H17F3N6O. The zero-order valence-electron chi connectivity index (χ0n) is 14.2. The number of halogens is 3. The molecule has 1 aliphatic heterocycles. The number of urea groups is 1. The van der Waals surface area contributed by atoms with E-state index in [1.807, 2.05) is 11.4 Å². The van der Waals surface area contributed by atoms with Gasteiger partial charge in [0.1, 0.15) is 18.3 Å². The van der Waals surface area contributed by atoms with E-state index in [0.717, 1.165) is 18.2 Å². The highest BCUT2D eigenvalue weighted by Gasteiger charge is 2.56. The average molecular weight is 378 g/mol. The zero-order valence-corrected chi connectivity index (χ0v) is 14.2. The van der Waals surface area contributed by atoms with E-state index in [-0.39, 0.29) is 18.0 Å². The second kappa shape index (κ2) is 6.04. The second-order valence-electron chi connectivity index (χ2n) is 7.11. The van der Waals surface area contributed by atoms with Crippen LogP contribution in [-0.4, -0.2) is 52.8 Å². The van der Waals surface area contributed by atoms with E-state index in [9.17, 15) is 23.2 Å². The SMILES string of the molecule is N#Cc1cnc2[nH]ccc2c1NC1CN(C(=O)NCC(F)(F)F)CC12CC2. The number of carbonyl (C=O) groups is 1. The number of nitriles is 1. The summed E-state index contributed by atoms with van der Waals surface area (Å²) in [7, 11) is 0. The van der Waals surface area contributed by atoms with Crippen LogP contribution in [0.4, 0.5) is 23.7 Å². The summed E-state index contributed by atoms with van der Waals surface area (Å²) in [6.45, 7) is -0.666. The molecule has 2 aromatic heterocycles. The molecule has 2 aromatic rings. The molecule has 1 spiro atoms. The van der Waals surface area contributed by atoms with Gasteiger partial charge in [-0.1, -0.05) is 0 Å². The maximum Gasteiger partial charge on any atom is 0.405 e. The number of amides is 2. The van der Waals surface area contributed by atoms with E-state index in [0.29, 0.717) is 23.4 Å². The number of carbonyl (C=O) groups excluding carboxylic acids is 1. The first-order valence-corrected chi connectivity index (χ1v) is 8.54. The number of rotatable bonds is 3. The summed E-state index contributed by atoms with van der Waals surface area (Å²) in [6, 6.07) is 3.07. The number of hydrogen-bond donors (Lipinski definition) is 3. The normalized spacial score (nSPS) is 20.7. The van der Waals surface area contributed by atoms with Crippen LogP contribution in [0.3, 0.4) is 0 Å². The van der Waals surface area contributed by atoms with Gasteiger partial charge in [0.15, 0.2) is 0 Å². The molecule has 0 aromatic carbocycles. The molecule has 1 atom stereocenters. The van der Waals surface area contributed by atoms with Gasteiger partial charge in [0.2, 0.25) is 0 Å². The van der Waals surface area contributed by atoms with Crippen LogP contribution in [-0.2, 0) is 0 Å². The van der Waals surface area contributed by atoms with Gasteiger partial charge in [-0.2, -0.15) is 18.4 Å². The van der Waals surface area contributed by atoms with Crippen molar-refractivity contribution in [3.05, 3.63) is 24.0 Å². The molecule has 1 unspecified atom stereocenters. The van der Waals surface area contributed by atoms with Crippen molar-refractivity contribution in [3.63, 3.8) is 0 Å². The molecule has 1 saturated heterocycles. The van der Waals surface area contributed by atoms with Crippen LogP contribution in [0.25, 0.3) is 11.0 Å². The molecule has 4 rings (SSSR count). The molecule has 2 amide bonds. The fourth-order valence-electron chi connectivity index (χ4n) is 3.70. The third-order valence-electron chi connectivity index (χ3n) is 5.29. The minimum atomic E-state index is -4.44. The number of anilines is 1. The number of hydrogen-bond acceptors (Lipinski definition) is 4. The van der Waals surface area contributed by atoms with E-state index < -0.39 is 18.8 Å². The summed E-state index contributed by atoms with van der Waals surface area (Å²) < 4.78 is 37.0. The van der Waals surface area contributed by atoms with Crippen LogP contribution in [0.1, 0.15) is 18.4 Å². The highest BCUT2D eigenvalue weighted by molar-refractivity contribution is 5.92. The number of nitrogens with zero attached hydrogens (tertiary/aromatic N) is 3. The Balaban J connectivity index is 1.53. The Kier molecular flexibility index (Phi) is 3.91. The highest BCUT2D eigenvalue weighted by Crippen LogP contribution is 2.54. The fourth-order valence-corrected chi connectivity index (χ4v) is 3.70. The Labute approximate surface area is 152 Å². The van der Waals surface area contributed by atoms with Gasteiger partial charge < -0.3 is 20.5 Å². The Hall–Kier alpha value is -2.96. The predicted octanol–water partition coefficient (Wildman–Crippen LogP) is 2.58. The van der Waals surface area contributed by atoms with E-state index >= 15 is 0 Å². The first kappa shape index (κ1) is 17.5. The van der Waals surface area contributed by atoms with Crippen molar-refractivity contribution in [1.82, 2.24) is 20.2 Å². The highest BCUT2D eigenvalue weighted by atomic mass is 19.4. The lowest BCUT2D eigenvalue weighted by Crippen LogP contribution is -2.43. The number of fused-ring (bicyclic) bond motifs is 1. The lowest BCUT2D eigenvalue weighted by atomic mass is 10.00. The molecule has 10 heteroatoms. The minimum Gasteiger partial charge on any atom is -0.378 e. The van der Waals surface area contributed by atoms with Gasteiger partial charge in [0.25, 0.3) is 0 Å².